The molecule has 3 nitrogen and oxygen atoms in total. The Hall–Kier alpha value is -1.35. The molecule has 3 rings (SSSR count). The maximum Gasteiger partial charge on any atom is 0.140 e. The monoisotopic (exact) mass is 234 g/mol. The summed E-state index contributed by atoms with van der Waals surface area (Å²) >= 11 is 6.10. The number of hydrogen-bond donors (Lipinski definition) is 1. The van der Waals surface area contributed by atoms with E-state index in [1.54, 1.807) is 18.2 Å². The summed E-state index contributed by atoms with van der Waals surface area (Å²) in [6.07, 6.45) is 3.55. The van der Waals surface area contributed by atoms with E-state index in [0.717, 1.165) is 24.2 Å². The van der Waals surface area contributed by atoms with Crippen LogP contribution in [0.3, 0.4) is 0 Å². The summed E-state index contributed by atoms with van der Waals surface area (Å²) in [5.41, 5.74) is 0.805. The second-order valence-electron chi connectivity index (χ2n) is 4.20. The molecular formula is C12H11ClN2O. The average Bonchev–Trinajstić information content (AvgIpc) is 2.17. The van der Waals surface area contributed by atoms with E-state index in [-0.39, 0.29) is 5.75 Å². The molecule has 0 spiro atoms. The van der Waals surface area contributed by atoms with Crippen LogP contribution in [0.25, 0.3) is 10.9 Å². The number of benzene rings is 1. The van der Waals surface area contributed by atoms with Crippen molar-refractivity contribution in [3.63, 3.8) is 0 Å². The van der Waals surface area contributed by atoms with Crippen LogP contribution in [0, 0.1) is 0 Å². The number of phenolic OH excluding ortho intramolecular Hbond substituents is 1. The Morgan fingerprint density at radius 3 is 2.75 bits per heavy atom. The maximum atomic E-state index is 9.38. The molecule has 1 aliphatic carbocycles. The zero-order valence-corrected chi connectivity index (χ0v) is 9.41. The summed E-state index contributed by atoms with van der Waals surface area (Å²) in [5, 5.41) is 10.5. The van der Waals surface area contributed by atoms with Crippen molar-refractivity contribution < 1.29 is 5.11 Å². The fraction of sp³-hybridized carbons (Fsp3) is 0.333. The molecular weight excluding hydrogens is 224 g/mol. The number of hydrogen-bond acceptors (Lipinski definition) is 3. The van der Waals surface area contributed by atoms with Crippen LogP contribution >= 0.6 is 11.6 Å². The summed E-state index contributed by atoms with van der Waals surface area (Å²) in [6.45, 7) is 0. The largest absolute Gasteiger partial charge is 0.508 e. The van der Waals surface area contributed by atoms with Crippen molar-refractivity contribution >= 4 is 22.5 Å². The van der Waals surface area contributed by atoms with Gasteiger partial charge in [0.1, 0.15) is 16.7 Å². The summed E-state index contributed by atoms with van der Waals surface area (Å²) < 4.78 is 0. The molecule has 1 aliphatic rings. The first-order valence-electron chi connectivity index (χ1n) is 5.40. The molecule has 1 fully saturated rings. The maximum absolute atomic E-state index is 9.38. The molecule has 0 radical (unpaired) electrons. The number of fused-ring (bicyclic) bond motifs is 1. The van der Waals surface area contributed by atoms with Gasteiger partial charge in [-0.15, -0.1) is 0 Å². The van der Waals surface area contributed by atoms with Crippen molar-refractivity contribution in [1.82, 2.24) is 9.97 Å². The Balaban J connectivity index is 2.17. The quantitative estimate of drug-likeness (QED) is 0.771. The summed E-state index contributed by atoms with van der Waals surface area (Å²) in [4.78, 5) is 8.80. The number of nitrogens with zero attached hydrogens (tertiary/aromatic N) is 2. The van der Waals surface area contributed by atoms with Gasteiger partial charge in [-0.1, -0.05) is 18.0 Å². The second kappa shape index (κ2) is 3.59. The van der Waals surface area contributed by atoms with Crippen LogP contribution in [-0.4, -0.2) is 15.1 Å². The standard InChI is InChI=1S/C12H11ClN2O/c13-11-9-6-8(16)4-5-10(9)14-12(15-11)7-2-1-3-7/h4-7,16H,1-3H2. The SMILES string of the molecule is Oc1ccc2nc(C3CCC3)nc(Cl)c2c1. The highest BCUT2D eigenvalue weighted by Gasteiger charge is 2.23. The van der Waals surface area contributed by atoms with Crippen LogP contribution in [0.4, 0.5) is 0 Å². The van der Waals surface area contributed by atoms with Crippen molar-refractivity contribution in [2.45, 2.75) is 25.2 Å². The van der Waals surface area contributed by atoms with Gasteiger partial charge >= 0.3 is 0 Å². The van der Waals surface area contributed by atoms with Crippen molar-refractivity contribution in [2.75, 3.05) is 0 Å². The molecule has 4 heteroatoms. The Bertz CT molecular complexity index is 552. The van der Waals surface area contributed by atoms with Gasteiger partial charge in [0.15, 0.2) is 0 Å². The van der Waals surface area contributed by atoms with Crippen LogP contribution in [0.1, 0.15) is 31.0 Å². The zero-order valence-electron chi connectivity index (χ0n) is 8.65. The molecule has 0 bridgehead atoms. The fourth-order valence-electron chi connectivity index (χ4n) is 1.94. The molecule has 2 aromatic rings. The van der Waals surface area contributed by atoms with E-state index < -0.39 is 0 Å². The van der Waals surface area contributed by atoms with E-state index >= 15 is 0 Å². The van der Waals surface area contributed by atoms with Gasteiger partial charge in [-0.05, 0) is 31.0 Å². The Labute approximate surface area is 98.1 Å². The summed E-state index contributed by atoms with van der Waals surface area (Å²) in [5.74, 6) is 1.50. The van der Waals surface area contributed by atoms with Crippen molar-refractivity contribution in [1.29, 1.82) is 0 Å². The highest BCUT2D eigenvalue weighted by molar-refractivity contribution is 6.34. The number of aromatic hydroxyl groups is 1. The molecule has 0 saturated heterocycles. The van der Waals surface area contributed by atoms with E-state index in [1.807, 2.05) is 0 Å². The van der Waals surface area contributed by atoms with Crippen LogP contribution in [0.15, 0.2) is 18.2 Å². The molecule has 0 aliphatic heterocycles. The van der Waals surface area contributed by atoms with Crippen LogP contribution < -0.4 is 0 Å². The lowest BCUT2D eigenvalue weighted by Gasteiger charge is -2.23. The number of rotatable bonds is 1. The molecule has 0 unspecified atom stereocenters. The van der Waals surface area contributed by atoms with E-state index in [9.17, 15) is 5.11 Å². The highest BCUT2D eigenvalue weighted by atomic mass is 35.5. The third kappa shape index (κ3) is 1.52. The Kier molecular flexibility index (Phi) is 2.21. The minimum absolute atomic E-state index is 0.189. The molecule has 1 heterocycles. The highest BCUT2D eigenvalue weighted by Crippen LogP contribution is 2.36. The third-order valence-electron chi connectivity index (χ3n) is 3.12. The number of phenols is 1. The van der Waals surface area contributed by atoms with Crippen molar-refractivity contribution in [3.05, 3.63) is 29.2 Å². The minimum Gasteiger partial charge on any atom is -0.508 e. The summed E-state index contributed by atoms with van der Waals surface area (Å²) in [7, 11) is 0. The Morgan fingerprint density at radius 2 is 2.06 bits per heavy atom. The van der Waals surface area contributed by atoms with Crippen LogP contribution in [-0.2, 0) is 0 Å². The second-order valence-corrected chi connectivity index (χ2v) is 4.56. The van der Waals surface area contributed by atoms with Gasteiger partial charge in [0, 0.05) is 11.3 Å². The first-order chi connectivity index (χ1) is 7.74. The molecule has 1 N–H and O–H groups in total. The van der Waals surface area contributed by atoms with E-state index in [4.69, 9.17) is 11.6 Å². The molecule has 1 aromatic heterocycles. The third-order valence-corrected chi connectivity index (χ3v) is 3.41. The van der Waals surface area contributed by atoms with Gasteiger partial charge in [0.2, 0.25) is 0 Å². The van der Waals surface area contributed by atoms with E-state index in [1.165, 1.54) is 6.42 Å². The van der Waals surface area contributed by atoms with E-state index in [2.05, 4.69) is 9.97 Å². The van der Waals surface area contributed by atoms with Crippen LogP contribution in [0.2, 0.25) is 5.15 Å². The van der Waals surface area contributed by atoms with Crippen molar-refractivity contribution in [3.8, 4) is 5.75 Å². The van der Waals surface area contributed by atoms with Gasteiger partial charge in [-0.3, -0.25) is 0 Å². The number of halogens is 1. The molecule has 0 atom stereocenters. The predicted octanol–water partition coefficient (Wildman–Crippen LogP) is 3.26. The topological polar surface area (TPSA) is 46.0 Å². The number of aromatic nitrogens is 2. The first-order valence-corrected chi connectivity index (χ1v) is 5.78. The molecule has 16 heavy (non-hydrogen) atoms. The smallest absolute Gasteiger partial charge is 0.140 e. The zero-order chi connectivity index (χ0) is 11.1. The van der Waals surface area contributed by atoms with Gasteiger partial charge in [-0.25, -0.2) is 9.97 Å². The van der Waals surface area contributed by atoms with Gasteiger partial charge < -0.3 is 5.11 Å². The lowest BCUT2D eigenvalue weighted by atomic mass is 9.85. The lowest BCUT2D eigenvalue weighted by molar-refractivity contribution is 0.402. The predicted molar refractivity (Wildman–Crippen MR) is 62.8 cm³/mol. The average molecular weight is 235 g/mol. The molecule has 1 saturated carbocycles. The normalized spacial score (nSPS) is 16.3. The molecule has 82 valence electrons. The Morgan fingerprint density at radius 1 is 1.25 bits per heavy atom. The first kappa shape index (κ1) is 9.85. The van der Waals surface area contributed by atoms with Crippen molar-refractivity contribution in [2.24, 2.45) is 0 Å². The van der Waals surface area contributed by atoms with Gasteiger partial charge in [-0.2, -0.15) is 0 Å². The lowest BCUT2D eigenvalue weighted by Crippen LogP contribution is -2.12. The summed E-state index contributed by atoms with van der Waals surface area (Å²) in [6, 6.07) is 5.00. The van der Waals surface area contributed by atoms with Gasteiger partial charge in [0.25, 0.3) is 0 Å². The van der Waals surface area contributed by atoms with Gasteiger partial charge in [0.05, 0.1) is 5.52 Å². The minimum atomic E-state index is 0.189. The molecule has 1 aromatic carbocycles. The van der Waals surface area contributed by atoms with Crippen LogP contribution in [0.5, 0.6) is 5.75 Å². The molecule has 0 amide bonds. The van der Waals surface area contributed by atoms with E-state index in [0.29, 0.717) is 16.5 Å². The fourth-order valence-corrected chi connectivity index (χ4v) is 2.18.